The van der Waals surface area contributed by atoms with Crippen molar-refractivity contribution in [2.75, 3.05) is 19.6 Å². The van der Waals surface area contributed by atoms with Gasteiger partial charge in [0.2, 0.25) is 0 Å². The van der Waals surface area contributed by atoms with Crippen LogP contribution in [0.25, 0.3) is 0 Å². The number of imidazole rings is 1. The van der Waals surface area contributed by atoms with Crippen LogP contribution in [-0.4, -0.2) is 45.7 Å². The fourth-order valence-electron chi connectivity index (χ4n) is 4.09. The molecular weight excluding hydrogens is 268 g/mol. The lowest BCUT2D eigenvalue weighted by molar-refractivity contribution is 0.0334. The molecule has 0 bridgehead atoms. The first-order chi connectivity index (χ1) is 10.2. The van der Waals surface area contributed by atoms with Crippen LogP contribution in [0.3, 0.4) is 0 Å². The maximum Gasteiger partial charge on any atom is 0.407 e. The molecule has 1 aromatic rings. The molecule has 0 aromatic carbocycles. The van der Waals surface area contributed by atoms with Crippen LogP contribution in [0.1, 0.15) is 37.9 Å². The lowest BCUT2D eigenvalue weighted by atomic mass is 9.69. The molecule has 2 aliphatic rings. The van der Waals surface area contributed by atoms with Crippen LogP contribution in [-0.2, 0) is 6.54 Å². The maximum atomic E-state index is 11.3. The number of aromatic amines is 1. The minimum absolute atomic E-state index is 0.201. The lowest BCUT2D eigenvalue weighted by Gasteiger charge is -2.45. The predicted octanol–water partition coefficient (Wildman–Crippen LogP) is 2.06. The number of carboxylic acid groups (broad SMARTS) is 1. The SMILES string of the molecule is O=C(O)N1CCC(CNCc2ncc[nH]2)C2(CCCC2)C1. The summed E-state index contributed by atoms with van der Waals surface area (Å²) in [5.74, 6) is 1.53. The number of rotatable bonds is 4. The van der Waals surface area contributed by atoms with Gasteiger partial charge in [-0.25, -0.2) is 9.78 Å². The van der Waals surface area contributed by atoms with Crippen LogP contribution in [0.4, 0.5) is 4.79 Å². The molecule has 1 amide bonds. The molecule has 1 unspecified atom stereocenters. The van der Waals surface area contributed by atoms with E-state index in [1.165, 1.54) is 25.7 Å². The molecule has 1 saturated carbocycles. The average molecular weight is 292 g/mol. The topological polar surface area (TPSA) is 81.2 Å². The first-order valence-corrected chi connectivity index (χ1v) is 7.86. The molecule has 1 aliphatic carbocycles. The summed E-state index contributed by atoms with van der Waals surface area (Å²) in [7, 11) is 0. The summed E-state index contributed by atoms with van der Waals surface area (Å²) in [4.78, 5) is 20.2. The van der Waals surface area contributed by atoms with Crippen LogP contribution in [0.5, 0.6) is 0 Å². The summed E-state index contributed by atoms with van der Waals surface area (Å²) in [5.41, 5.74) is 0.201. The number of hydrogen-bond donors (Lipinski definition) is 3. The van der Waals surface area contributed by atoms with Crippen molar-refractivity contribution in [3.63, 3.8) is 0 Å². The summed E-state index contributed by atoms with van der Waals surface area (Å²) in [6.45, 7) is 3.09. The Morgan fingerprint density at radius 2 is 2.33 bits per heavy atom. The fraction of sp³-hybridized carbons (Fsp3) is 0.733. The van der Waals surface area contributed by atoms with Gasteiger partial charge in [0, 0.05) is 25.5 Å². The highest BCUT2D eigenvalue weighted by atomic mass is 16.4. The zero-order valence-electron chi connectivity index (χ0n) is 12.3. The van der Waals surface area contributed by atoms with Crippen LogP contribution in [0.2, 0.25) is 0 Å². The number of nitrogens with one attached hydrogen (secondary N) is 2. The Morgan fingerprint density at radius 3 is 3.00 bits per heavy atom. The number of likely N-dealkylation sites (tertiary alicyclic amines) is 1. The summed E-state index contributed by atoms with van der Waals surface area (Å²) < 4.78 is 0. The summed E-state index contributed by atoms with van der Waals surface area (Å²) in [5, 5.41) is 12.8. The quantitative estimate of drug-likeness (QED) is 0.793. The van der Waals surface area contributed by atoms with E-state index < -0.39 is 6.09 Å². The van der Waals surface area contributed by atoms with Gasteiger partial charge < -0.3 is 20.3 Å². The number of piperidine rings is 1. The number of hydrogen-bond acceptors (Lipinski definition) is 3. The predicted molar refractivity (Wildman–Crippen MR) is 78.9 cm³/mol. The smallest absolute Gasteiger partial charge is 0.407 e. The van der Waals surface area contributed by atoms with Gasteiger partial charge in [0.1, 0.15) is 5.82 Å². The molecule has 0 radical (unpaired) electrons. The van der Waals surface area contributed by atoms with Crippen molar-refractivity contribution in [2.45, 2.75) is 38.6 Å². The van der Waals surface area contributed by atoms with Gasteiger partial charge in [0.25, 0.3) is 0 Å². The van der Waals surface area contributed by atoms with E-state index in [2.05, 4.69) is 15.3 Å². The first kappa shape index (κ1) is 14.4. The van der Waals surface area contributed by atoms with Gasteiger partial charge >= 0.3 is 6.09 Å². The summed E-state index contributed by atoms with van der Waals surface area (Å²) >= 11 is 0. The van der Waals surface area contributed by atoms with Crippen molar-refractivity contribution in [1.82, 2.24) is 20.2 Å². The highest BCUT2D eigenvalue weighted by Crippen LogP contribution is 2.48. The van der Waals surface area contributed by atoms with Gasteiger partial charge in [0.15, 0.2) is 0 Å². The summed E-state index contributed by atoms with van der Waals surface area (Å²) in [6.07, 6.45) is 8.63. The molecule has 21 heavy (non-hydrogen) atoms. The number of aromatic nitrogens is 2. The molecular formula is C15H24N4O2. The Morgan fingerprint density at radius 1 is 1.52 bits per heavy atom. The van der Waals surface area contributed by atoms with Gasteiger partial charge in [-0.05, 0) is 37.1 Å². The zero-order valence-corrected chi connectivity index (χ0v) is 12.3. The lowest BCUT2D eigenvalue weighted by Crippen LogP contribution is -2.51. The molecule has 2 fully saturated rings. The average Bonchev–Trinajstić information content (AvgIpc) is 3.13. The third-order valence-electron chi connectivity index (χ3n) is 5.23. The molecule has 1 aromatic heterocycles. The Hall–Kier alpha value is -1.56. The third kappa shape index (κ3) is 3.05. The largest absolute Gasteiger partial charge is 0.465 e. The van der Waals surface area contributed by atoms with Crippen molar-refractivity contribution in [3.05, 3.63) is 18.2 Å². The van der Waals surface area contributed by atoms with Crippen LogP contribution in [0.15, 0.2) is 12.4 Å². The maximum absolute atomic E-state index is 11.3. The van der Waals surface area contributed by atoms with E-state index in [4.69, 9.17) is 0 Å². The van der Waals surface area contributed by atoms with Crippen molar-refractivity contribution in [2.24, 2.45) is 11.3 Å². The Kier molecular flexibility index (Phi) is 4.14. The second-order valence-corrected chi connectivity index (χ2v) is 6.43. The molecule has 1 atom stereocenters. The van der Waals surface area contributed by atoms with Crippen LogP contribution < -0.4 is 5.32 Å². The van der Waals surface area contributed by atoms with Crippen molar-refractivity contribution in [1.29, 1.82) is 0 Å². The number of H-pyrrole nitrogens is 1. The third-order valence-corrected chi connectivity index (χ3v) is 5.23. The molecule has 6 nitrogen and oxygen atoms in total. The van der Waals surface area contributed by atoms with E-state index in [1.54, 1.807) is 11.1 Å². The normalized spacial score (nSPS) is 24.6. The van der Waals surface area contributed by atoms with Gasteiger partial charge in [-0.3, -0.25) is 0 Å². The van der Waals surface area contributed by atoms with Gasteiger partial charge in [0.05, 0.1) is 6.54 Å². The molecule has 1 spiro atoms. The fourth-order valence-corrected chi connectivity index (χ4v) is 4.09. The van der Waals surface area contributed by atoms with E-state index in [1.807, 2.05) is 6.20 Å². The number of amides is 1. The molecule has 1 aliphatic heterocycles. The second-order valence-electron chi connectivity index (χ2n) is 6.43. The van der Waals surface area contributed by atoms with Gasteiger partial charge in [-0.2, -0.15) is 0 Å². The highest BCUT2D eigenvalue weighted by molar-refractivity contribution is 5.65. The Labute approximate surface area is 124 Å². The monoisotopic (exact) mass is 292 g/mol. The molecule has 6 heteroatoms. The number of nitrogens with zero attached hydrogens (tertiary/aromatic N) is 2. The Balaban J connectivity index is 1.59. The molecule has 116 valence electrons. The highest BCUT2D eigenvalue weighted by Gasteiger charge is 2.45. The first-order valence-electron chi connectivity index (χ1n) is 7.86. The van der Waals surface area contributed by atoms with Gasteiger partial charge in [-0.1, -0.05) is 12.8 Å². The van der Waals surface area contributed by atoms with Crippen molar-refractivity contribution in [3.8, 4) is 0 Å². The zero-order chi connectivity index (χ0) is 14.7. The molecule has 3 rings (SSSR count). The Bertz CT molecular complexity index is 468. The van der Waals surface area contributed by atoms with E-state index in [0.29, 0.717) is 12.5 Å². The van der Waals surface area contributed by atoms with E-state index >= 15 is 0 Å². The van der Waals surface area contributed by atoms with Crippen LogP contribution >= 0.6 is 0 Å². The molecule has 1 saturated heterocycles. The van der Waals surface area contributed by atoms with Crippen molar-refractivity contribution < 1.29 is 9.90 Å². The van der Waals surface area contributed by atoms with Gasteiger partial charge in [-0.15, -0.1) is 0 Å². The number of carbonyl (C=O) groups is 1. The standard InChI is InChI=1S/C15H24N4O2/c20-14(21)19-8-3-12(15(11-19)4-1-2-5-15)9-16-10-13-17-6-7-18-13/h6-7,12,16H,1-5,8-11H2,(H,17,18)(H,20,21). The second kappa shape index (κ2) is 6.05. The molecule has 3 N–H and O–H groups in total. The van der Waals surface area contributed by atoms with E-state index in [0.717, 1.165) is 31.9 Å². The van der Waals surface area contributed by atoms with Crippen LogP contribution in [0, 0.1) is 11.3 Å². The minimum Gasteiger partial charge on any atom is -0.465 e. The minimum atomic E-state index is -0.761. The molecule has 2 heterocycles. The van der Waals surface area contributed by atoms with Crippen molar-refractivity contribution >= 4 is 6.09 Å². The van der Waals surface area contributed by atoms with E-state index in [-0.39, 0.29) is 5.41 Å². The summed E-state index contributed by atoms with van der Waals surface area (Å²) in [6, 6.07) is 0. The van der Waals surface area contributed by atoms with E-state index in [9.17, 15) is 9.90 Å².